The van der Waals surface area contributed by atoms with Crippen LogP contribution in [0.1, 0.15) is 5.56 Å². The molecule has 2 rings (SSSR count). The van der Waals surface area contributed by atoms with E-state index in [-0.39, 0.29) is 17.2 Å². The number of halogens is 1. The summed E-state index contributed by atoms with van der Waals surface area (Å²) in [6.07, 6.45) is 0. The second kappa shape index (κ2) is 5.95. The van der Waals surface area contributed by atoms with E-state index in [0.29, 0.717) is 0 Å². The van der Waals surface area contributed by atoms with Crippen molar-refractivity contribution in [3.63, 3.8) is 0 Å². The molecule has 0 bridgehead atoms. The maximum atomic E-state index is 12.4. The molecule has 0 heterocycles. The van der Waals surface area contributed by atoms with Crippen molar-refractivity contribution in [2.75, 3.05) is 7.05 Å². The Bertz CT molecular complexity index is 716. The van der Waals surface area contributed by atoms with Gasteiger partial charge in [0.1, 0.15) is 10.6 Å². The average Bonchev–Trinajstić information content (AvgIpc) is 2.41. The summed E-state index contributed by atoms with van der Waals surface area (Å²) in [5, 5.41) is 9.70. The van der Waals surface area contributed by atoms with Crippen LogP contribution in [0.15, 0.2) is 57.9 Å². The molecule has 0 amide bonds. The first-order chi connectivity index (χ1) is 9.43. The second-order valence-corrected chi connectivity index (χ2v) is 7.19. The number of hydrogen-bond donors (Lipinski definition) is 1. The topological polar surface area (TPSA) is 57.6 Å². The summed E-state index contributed by atoms with van der Waals surface area (Å²) in [7, 11) is -2.23. The zero-order chi connectivity index (χ0) is 14.8. The number of phenolic OH excluding ortho intramolecular Hbond substituents is 1. The quantitative estimate of drug-likeness (QED) is 0.916. The molecule has 0 aliphatic carbocycles. The fourth-order valence-corrected chi connectivity index (χ4v) is 3.43. The van der Waals surface area contributed by atoms with Gasteiger partial charge in [0.15, 0.2) is 0 Å². The van der Waals surface area contributed by atoms with Crippen LogP contribution in [0.25, 0.3) is 0 Å². The highest BCUT2D eigenvalue weighted by atomic mass is 79.9. The van der Waals surface area contributed by atoms with Gasteiger partial charge in [0, 0.05) is 18.1 Å². The minimum atomic E-state index is -3.72. The van der Waals surface area contributed by atoms with Gasteiger partial charge in [0.25, 0.3) is 0 Å². The van der Waals surface area contributed by atoms with Gasteiger partial charge in [-0.1, -0.05) is 46.3 Å². The van der Waals surface area contributed by atoms with Crippen molar-refractivity contribution in [2.45, 2.75) is 11.4 Å². The molecule has 0 radical (unpaired) electrons. The molecule has 4 nitrogen and oxygen atoms in total. The number of nitrogens with zero attached hydrogens (tertiary/aromatic N) is 1. The fourth-order valence-electron chi connectivity index (χ4n) is 1.79. The molecule has 6 heteroatoms. The molecule has 0 atom stereocenters. The highest BCUT2D eigenvalue weighted by Gasteiger charge is 2.24. The van der Waals surface area contributed by atoms with Crippen molar-refractivity contribution in [3.8, 4) is 5.75 Å². The van der Waals surface area contributed by atoms with Crippen LogP contribution in [-0.2, 0) is 16.6 Å². The molecular weight excluding hydrogens is 342 g/mol. The summed E-state index contributed by atoms with van der Waals surface area (Å²) in [5.74, 6) is -0.244. The van der Waals surface area contributed by atoms with Gasteiger partial charge in [-0.15, -0.1) is 0 Å². The van der Waals surface area contributed by atoms with Gasteiger partial charge in [0.05, 0.1) is 0 Å². The Labute approximate surface area is 126 Å². The lowest BCUT2D eigenvalue weighted by molar-refractivity contribution is 0.439. The Hall–Kier alpha value is -1.37. The van der Waals surface area contributed by atoms with E-state index in [1.54, 1.807) is 12.1 Å². The molecule has 0 spiro atoms. The van der Waals surface area contributed by atoms with Crippen LogP contribution in [0.3, 0.4) is 0 Å². The van der Waals surface area contributed by atoms with E-state index in [1.165, 1.54) is 23.5 Å². The number of sulfonamides is 1. The van der Waals surface area contributed by atoms with Gasteiger partial charge < -0.3 is 5.11 Å². The van der Waals surface area contributed by atoms with E-state index >= 15 is 0 Å². The first kappa shape index (κ1) is 15.0. The van der Waals surface area contributed by atoms with Crippen LogP contribution in [-0.4, -0.2) is 24.9 Å². The second-order valence-electron chi connectivity index (χ2n) is 4.32. The van der Waals surface area contributed by atoms with Gasteiger partial charge in [-0.3, -0.25) is 0 Å². The normalized spacial score (nSPS) is 11.8. The highest BCUT2D eigenvalue weighted by molar-refractivity contribution is 9.10. The van der Waals surface area contributed by atoms with Crippen LogP contribution < -0.4 is 0 Å². The lowest BCUT2D eigenvalue weighted by atomic mass is 10.2. The highest BCUT2D eigenvalue weighted by Crippen LogP contribution is 2.26. The van der Waals surface area contributed by atoms with Crippen LogP contribution >= 0.6 is 15.9 Å². The van der Waals surface area contributed by atoms with E-state index in [9.17, 15) is 13.5 Å². The largest absolute Gasteiger partial charge is 0.507 e. The minimum Gasteiger partial charge on any atom is -0.507 e. The third-order valence-electron chi connectivity index (χ3n) is 2.90. The van der Waals surface area contributed by atoms with Crippen LogP contribution in [0, 0.1) is 0 Å². The van der Waals surface area contributed by atoms with Gasteiger partial charge in [0.2, 0.25) is 10.0 Å². The van der Waals surface area contributed by atoms with E-state index in [1.807, 2.05) is 24.3 Å². The number of rotatable bonds is 4. The minimum absolute atomic E-state index is 0.0884. The first-order valence-corrected chi connectivity index (χ1v) is 8.14. The predicted octanol–water partition coefficient (Wildman–Crippen LogP) is 2.98. The third-order valence-corrected chi connectivity index (χ3v) is 5.53. The van der Waals surface area contributed by atoms with E-state index in [2.05, 4.69) is 15.9 Å². The van der Waals surface area contributed by atoms with Gasteiger partial charge in [-0.25, -0.2) is 8.42 Å². The van der Waals surface area contributed by atoms with E-state index in [4.69, 9.17) is 0 Å². The summed E-state index contributed by atoms with van der Waals surface area (Å²) in [5.41, 5.74) is 0.856. The third kappa shape index (κ3) is 3.03. The Morgan fingerprint density at radius 1 is 1.10 bits per heavy atom. The Morgan fingerprint density at radius 3 is 2.35 bits per heavy atom. The lowest BCUT2D eigenvalue weighted by Crippen LogP contribution is -2.26. The maximum Gasteiger partial charge on any atom is 0.246 e. The van der Waals surface area contributed by atoms with Crippen molar-refractivity contribution in [1.29, 1.82) is 0 Å². The number of benzene rings is 2. The predicted molar refractivity (Wildman–Crippen MR) is 80.9 cm³/mol. The molecule has 1 N–H and O–H groups in total. The summed E-state index contributed by atoms with van der Waals surface area (Å²) >= 11 is 3.39. The SMILES string of the molecule is CN(Cc1ccccc1Br)S(=O)(=O)c1ccccc1O. The Kier molecular flexibility index (Phi) is 4.47. The summed E-state index contributed by atoms with van der Waals surface area (Å²) in [4.78, 5) is -0.0884. The zero-order valence-electron chi connectivity index (χ0n) is 10.8. The maximum absolute atomic E-state index is 12.4. The molecule has 2 aromatic rings. The Balaban J connectivity index is 2.31. The van der Waals surface area contributed by atoms with Gasteiger partial charge in [-0.2, -0.15) is 4.31 Å². The molecule has 106 valence electrons. The van der Waals surface area contributed by atoms with Crippen molar-refractivity contribution < 1.29 is 13.5 Å². The lowest BCUT2D eigenvalue weighted by Gasteiger charge is -2.18. The number of hydrogen-bond acceptors (Lipinski definition) is 3. The molecule has 0 unspecified atom stereocenters. The van der Waals surface area contributed by atoms with Crippen LogP contribution in [0.5, 0.6) is 5.75 Å². The molecule has 0 fully saturated rings. The molecule has 2 aromatic carbocycles. The van der Waals surface area contributed by atoms with Crippen molar-refractivity contribution in [2.24, 2.45) is 0 Å². The van der Waals surface area contributed by atoms with E-state index in [0.717, 1.165) is 10.0 Å². The Morgan fingerprint density at radius 2 is 1.70 bits per heavy atom. The smallest absolute Gasteiger partial charge is 0.246 e. The summed E-state index contributed by atoms with van der Waals surface area (Å²) < 4.78 is 26.9. The van der Waals surface area contributed by atoms with Gasteiger partial charge in [-0.05, 0) is 23.8 Å². The number of aromatic hydroxyl groups is 1. The monoisotopic (exact) mass is 355 g/mol. The molecule has 0 saturated heterocycles. The fraction of sp³-hybridized carbons (Fsp3) is 0.143. The standard InChI is InChI=1S/C14H14BrNO3S/c1-16(10-11-6-2-3-7-12(11)15)20(18,19)14-9-5-4-8-13(14)17/h2-9,17H,10H2,1H3. The summed E-state index contributed by atoms with van der Waals surface area (Å²) in [6.45, 7) is 0.220. The molecular formula is C14H14BrNO3S. The zero-order valence-corrected chi connectivity index (χ0v) is 13.2. The number of phenols is 1. The number of para-hydroxylation sites is 1. The molecule has 0 aromatic heterocycles. The summed E-state index contributed by atoms with van der Waals surface area (Å²) in [6, 6.07) is 13.3. The first-order valence-electron chi connectivity index (χ1n) is 5.90. The van der Waals surface area contributed by atoms with Crippen LogP contribution in [0.4, 0.5) is 0 Å². The average molecular weight is 356 g/mol. The molecule has 0 aliphatic rings. The van der Waals surface area contributed by atoms with Crippen molar-refractivity contribution in [3.05, 3.63) is 58.6 Å². The van der Waals surface area contributed by atoms with E-state index < -0.39 is 10.0 Å². The molecule has 20 heavy (non-hydrogen) atoms. The van der Waals surface area contributed by atoms with Crippen molar-refractivity contribution >= 4 is 26.0 Å². The van der Waals surface area contributed by atoms with Gasteiger partial charge >= 0.3 is 0 Å². The van der Waals surface area contributed by atoms with Crippen LogP contribution in [0.2, 0.25) is 0 Å². The molecule has 0 aliphatic heterocycles. The molecule has 0 saturated carbocycles. The van der Waals surface area contributed by atoms with Crippen molar-refractivity contribution in [1.82, 2.24) is 4.31 Å².